The number of carbonyl (C=O) groups excluding carboxylic acids is 1. The van der Waals surface area contributed by atoms with Crippen LogP contribution in [0.5, 0.6) is 0 Å². The molecule has 2 aromatic rings. The Balaban J connectivity index is 1.74. The predicted molar refractivity (Wildman–Crippen MR) is 96.4 cm³/mol. The summed E-state index contributed by atoms with van der Waals surface area (Å²) >= 11 is 3.28. The van der Waals surface area contributed by atoms with Crippen LogP contribution in [-0.4, -0.2) is 26.9 Å². The average Bonchev–Trinajstić information content (AvgIpc) is 2.88. The van der Waals surface area contributed by atoms with Crippen molar-refractivity contribution in [1.82, 2.24) is 4.72 Å². The summed E-state index contributed by atoms with van der Waals surface area (Å²) in [7, 11) is -3.65. The van der Waals surface area contributed by atoms with E-state index in [9.17, 15) is 13.2 Å². The van der Waals surface area contributed by atoms with E-state index in [-0.39, 0.29) is 17.2 Å². The van der Waals surface area contributed by atoms with E-state index in [1.54, 1.807) is 17.0 Å². The van der Waals surface area contributed by atoms with Crippen LogP contribution in [0.1, 0.15) is 12.0 Å². The van der Waals surface area contributed by atoms with Gasteiger partial charge in [0, 0.05) is 29.2 Å². The maximum Gasteiger partial charge on any atom is 0.240 e. The van der Waals surface area contributed by atoms with Crippen LogP contribution in [0, 0.1) is 6.92 Å². The smallest absolute Gasteiger partial charge is 0.240 e. The van der Waals surface area contributed by atoms with E-state index in [2.05, 4.69) is 20.7 Å². The van der Waals surface area contributed by atoms with E-state index in [1.807, 2.05) is 31.2 Å². The number of halogens is 1. The summed E-state index contributed by atoms with van der Waals surface area (Å²) in [5, 5.41) is 0. The molecule has 24 heavy (non-hydrogen) atoms. The lowest BCUT2D eigenvalue weighted by atomic mass is 10.2. The van der Waals surface area contributed by atoms with Gasteiger partial charge in [-0.2, -0.15) is 0 Å². The topological polar surface area (TPSA) is 66.5 Å². The van der Waals surface area contributed by atoms with Crippen LogP contribution in [0.25, 0.3) is 0 Å². The van der Waals surface area contributed by atoms with Gasteiger partial charge in [0.05, 0.1) is 4.90 Å². The lowest BCUT2D eigenvalue weighted by molar-refractivity contribution is -0.117. The first kappa shape index (κ1) is 17.1. The molecular formula is C17H17BrN2O3S. The highest BCUT2D eigenvalue weighted by Gasteiger charge is 2.33. The van der Waals surface area contributed by atoms with Crippen molar-refractivity contribution < 1.29 is 13.2 Å². The molecule has 1 fully saturated rings. The molecule has 0 spiro atoms. The average molecular weight is 409 g/mol. The molecule has 1 atom stereocenters. The van der Waals surface area contributed by atoms with E-state index in [0.717, 1.165) is 15.7 Å². The highest BCUT2D eigenvalue weighted by Crippen LogP contribution is 2.23. The lowest BCUT2D eigenvalue weighted by Gasteiger charge is -2.17. The summed E-state index contributed by atoms with van der Waals surface area (Å²) < 4.78 is 28.3. The fraction of sp³-hybridized carbons (Fsp3) is 0.235. The first-order valence-electron chi connectivity index (χ1n) is 7.50. The third kappa shape index (κ3) is 3.68. The third-order valence-corrected chi connectivity index (χ3v) is 5.98. The van der Waals surface area contributed by atoms with Crippen LogP contribution in [0.15, 0.2) is 57.9 Å². The van der Waals surface area contributed by atoms with Gasteiger partial charge in [-0.25, -0.2) is 13.1 Å². The molecule has 1 saturated heterocycles. The minimum Gasteiger partial charge on any atom is -0.311 e. The van der Waals surface area contributed by atoms with Crippen molar-refractivity contribution in [2.45, 2.75) is 24.3 Å². The van der Waals surface area contributed by atoms with Crippen molar-refractivity contribution in [3.05, 3.63) is 58.6 Å². The lowest BCUT2D eigenvalue weighted by Crippen LogP contribution is -2.37. The second-order valence-corrected chi connectivity index (χ2v) is 8.45. The van der Waals surface area contributed by atoms with Crippen molar-refractivity contribution in [3.8, 4) is 0 Å². The maximum absolute atomic E-state index is 12.4. The molecule has 0 radical (unpaired) electrons. The van der Waals surface area contributed by atoms with E-state index < -0.39 is 16.1 Å². The number of rotatable bonds is 4. The minimum atomic E-state index is -3.65. The zero-order valence-corrected chi connectivity index (χ0v) is 15.5. The highest BCUT2D eigenvalue weighted by molar-refractivity contribution is 9.10. The minimum absolute atomic E-state index is 0.0811. The number of hydrogen-bond acceptors (Lipinski definition) is 3. The van der Waals surface area contributed by atoms with Crippen molar-refractivity contribution >= 4 is 37.5 Å². The predicted octanol–water partition coefficient (Wildman–Crippen LogP) is 2.84. The molecule has 0 saturated carbocycles. The molecule has 1 aliphatic rings. The Bertz CT molecular complexity index is 848. The molecule has 0 aromatic heterocycles. The van der Waals surface area contributed by atoms with Crippen LogP contribution in [-0.2, 0) is 14.8 Å². The number of amides is 1. The molecular weight excluding hydrogens is 392 g/mol. The summed E-state index contributed by atoms with van der Waals surface area (Å²) in [4.78, 5) is 14.0. The first-order chi connectivity index (χ1) is 11.3. The number of anilines is 1. The van der Waals surface area contributed by atoms with Gasteiger partial charge in [-0.3, -0.25) is 4.79 Å². The van der Waals surface area contributed by atoms with Gasteiger partial charge in [0.15, 0.2) is 0 Å². The molecule has 126 valence electrons. The number of benzene rings is 2. The molecule has 1 aliphatic heterocycles. The number of carbonyl (C=O) groups is 1. The Labute approximate surface area is 149 Å². The summed E-state index contributed by atoms with van der Waals surface area (Å²) in [6.45, 7) is 2.31. The Kier molecular flexibility index (Phi) is 4.76. The molecule has 5 nitrogen and oxygen atoms in total. The van der Waals surface area contributed by atoms with Gasteiger partial charge in [-0.1, -0.05) is 33.6 Å². The van der Waals surface area contributed by atoms with E-state index in [4.69, 9.17) is 0 Å². The maximum atomic E-state index is 12.4. The van der Waals surface area contributed by atoms with Crippen molar-refractivity contribution in [3.63, 3.8) is 0 Å². The van der Waals surface area contributed by atoms with E-state index >= 15 is 0 Å². The molecule has 3 rings (SSSR count). The Morgan fingerprint density at radius 2 is 1.71 bits per heavy atom. The van der Waals surface area contributed by atoms with Crippen LogP contribution in [0.3, 0.4) is 0 Å². The molecule has 1 heterocycles. The van der Waals surface area contributed by atoms with Crippen molar-refractivity contribution in [2.75, 3.05) is 11.4 Å². The van der Waals surface area contributed by atoms with Gasteiger partial charge in [-0.15, -0.1) is 0 Å². The Morgan fingerprint density at radius 3 is 2.33 bits per heavy atom. The van der Waals surface area contributed by atoms with Gasteiger partial charge < -0.3 is 4.90 Å². The number of aryl methyl sites for hydroxylation is 1. The molecule has 2 aromatic carbocycles. The molecule has 0 bridgehead atoms. The van der Waals surface area contributed by atoms with Crippen molar-refractivity contribution in [1.29, 1.82) is 0 Å². The third-order valence-electron chi connectivity index (χ3n) is 3.92. The zero-order valence-electron chi connectivity index (χ0n) is 13.1. The second-order valence-electron chi connectivity index (χ2n) is 5.82. The number of nitrogens with zero attached hydrogens (tertiary/aromatic N) is 1. The van der Waals surface area contributed by atoms with Crippen molar-refractivity contribution in [2.24, 2.45) is 0 Å². The Morgan fingerprint density at radius 1 is 1.08 bits per heavy atom. The van der Waals surface area contributed by atoms with Crippen LogP contribution in [0.4, 0.5) is 5.69 Å². The largest absolute Gasteiger partial charge is 0.311 e. The molecule has 1 amide bonds. The molecule has 1 N–H and O–H groups in total. The normalized spacial score (nSPS) is 18.2. The van der Waals surface area contributed by atoms with Crippen LogP contribution < -0.4 is 9.62 Å². The summed E-state index contributed by atoms with van der Waals surface area (Å²) in [5.41, 5.74) is 1.90. The fourth-order valence-electron chi connectivity index (χ4n) is 2.66. The number of sulfonamides is 1. The van der Waals surface area contributed by atoms with Gasteiger partial charge in [0.1, 0.15) is 0 Å². The van der Waals surface area contributed by atoms with E-state index in [1.165, 1.54) is 12.1 Å². The molecule has 7 heteroatoms. The quantitative estimate of drug-likeness (QED) is 0.845. The summed E-state index contributed by atoms with van der Waals surface area (Å²) in [5.74, 6) is -0.0811. The monoisotopic (exact) mass is 408 g/mol. The number of nitrogens with one attached hydrogen (secondary N) is 1. The second kappa shape index (κ2) is 6.66. The zero-order chi connectivity index (χ0) is 17.3. The fourth-order valence-corrected chi connectivity index (χ4v) is 4.15. The van der Waals surface area contributed by atoms with Gasteiger partial charge in [-0.05, 0) is 43.3 Å². The first-order valence-corrected chi connectivity index (χ1v) is 9.78. The summed E-state index contributed by atoms with van der Waals surface area (Å²) in [6, 6.07) is 13.6. The van der Waals surface area contributed by atoms with Gasteiger partial charge in [0.2, 0.25) is 15.9 Å². The molecule has 0 aliphatic carbocycles. The SMILES string of the molecule is Cc1ccc(N2C[C@H](NS(=O)(=O)c3ccc(Br)cc3)CC2=O)cc1. The Hall–Kier alpha value is -1.70. The molecule has 0 unspecified atom stereocenters. The van der Waals surface area contributed by atoms with Gasteiger partial charge in [0.25, 0.3) is 0 Å². The highest BCUT2D eigenvalue weighted by atomic mass is 79.9. The van der Waals surface area contributed by atoms with Crippen LogP contribution >= 0.6 is 15.9 Å². The summed E-state index contributed by atoms with van der Waals surface area (Å²) in [6.07, 6.45) is 0.156. The van der Waals surface area contributed by atoms with Crippen LogP contribution in [0.2, 0.25) is 0 Å². The number of hydrogen-bond donors (Lipinski definition) is 1. The van der Waals surface area contributed by atoms with Gasteiger partial charge >= 0.3 is 0 Å². The standard InChI is InChI=1S/C17H17BrN2O3S/c1-12-2-6-15(7-3-12)20-11-14(10-17(20)21)19-24(22,23)16-8-4-13(18)5-9-16/h2-9,14,19H,10-11H2,1H3/t14-/m1/s1. The van der Waals surface area contributed by atoms with E-state index in [0.29, 0.717) is 6.54 Å².